The zero-order chi connectivity index (χ0) is 10.7. The van der Waals surface area contributed by atoms with E-state index in [1.165, 1.54) is 6.20 Å². The van der Waals surface area contributed by atoms with E-state index in [0.717, 1.165) is 17.4 Å². The van der Waals surface area contributed by atoms with Crippen LogP contribution in [0.1, 0.15) is 10.4 Å². The van der Waals surface area contributed by atoms with Gasteiger partial charge in [-0.2, -0.15) is 0 Å². The van der Waals surface area contributed by atoms with Crippen molar-refractivity contribution in [3.63, 3.8) is 0 Å². The summed E-state index contributed by atoms with van der Waals surface area (Å²) in [6.07, 6.45) is 4.02. The topological polar surface area (TPSA) is 56.0 Å². The van der Waals surface area contributed by atoms with Gasteiger partial charge in [0.1, 0.15) is 0 Å². The second kappa shape index (κ2) is 3.92. The lowest BCUT2D eigenvalue weighted by Crippen LogP contribution is -1.88. The van der Waals surface area contributed by atoms with Crippen LogP contribution in [0, 0.1) is 0 Å². The second-order valence-electron chi connectivity index (χ2n) is 3.25. The van der Waals surface area contributed by atoms with Crippen molar-refractivity contribution in [2.24, 2.45) is 0 Å². The quantitative estimate of drug-likeness (QED) is 0.594. The number of hydrogen-bond donors (Lipinski definition) is 1. The summed E-state index contributed by atoms with van der Waals surface area (Å²) in [6, 6.07) is 9.26. The number of carbonyl (C=O) groups is 1. The lowest BCUT2D eigenvalue weighted by atomic mass is 10.1. The fourth-order valence-electron chi connectivity index (χ4n) is 1.40. The van der Waals surface area contributed by atoms with E-state index in [0.29, 0.717) is 11.3 Å². The number of benzene rings is 1. The van der Waals surface area contributed by atoms with E-state index in [4.69, 9.17) is 5.73 Å². The zero-order valence-corrected chi connectivity index (χ0v) is 8.05. The summed E-state index contributed by atoms with van der Waals surface area (Å²) in [7, 11) is 0. The van der Waals surface area contributed by atoms with Gasteiger partial charge in [0, 0.05) is 29.2 Å². The van der Waals surface area contributed by atoms with Gasteiger partial charge >= 0.3 is 0 Å². The minimum Gasteiger partial charge on any atom is -0.399 e. The van der Waals surface area contributed by atoms with Gasteiger partial charge in [0.25, 0.3) is 0 Å². The van der Waals surface area contributed by atoms with E-state index in [-0.39, 0.29) is 0 Å². The standard InChI is InChI=1S/C12H10N2O/c13-12-3-1-2-10(5-12)11-4-9(8-15)6-14-7-11/h1-8H,13H2. The first-order valence-corrected chi connectivity index (χ1v) is 4.56. The highest BCUT2D eigenvalue weighted by molar-refractivity contribution is 5.78. The van der Waals surface area contributed by atoms with Crippen molar-refractivity contribution in [1.82, 2.24) is 4.98 Å². The Bertz CT molecular complexity index is 494. The average molecular weight is 198 g/mol. The van der Waals surface area contributed by atoms with Gasteiger partial charge in [0.05, 0.1) is 0 Å². The van der Waals surface area contributed by atoms with Crippen LogP contribution in [-0.4, -0.2) is 11.3 Å². The van der Waals surface area contributed by atoms with Crippen molar-refractivity contribution in [3.05, 3.63) is 48.3 Å². The van der Waals surface area contributed by atoms with Gasteiger partial charge in [0.15, 0.2) is 6.29 Å². The molecule has 74 valence electrons. The maximum atomic E-state index is 10.6. The maximum absolute atomic E-state index is 10.6. The number of pyridine rings is 1. The van der Waals surface area contributed by atoms with E-state index < -0.39 is 0 Å². The fourth-order valence-corrected chi connectivity index (χ4v) is 1.40. The third kappa shape index (κ3) is 2.02. The van der Waals surface area contributed by atoms with Gasteiger partial charge in [0.2, 0.25) is 0 Å². The molecule has 2 aromatic rings. The number of anilines is 1. The maximum Gasteiger partial charge on any atom is 0.151 e. The molecule has 0 saturated carbocycles. The number of nitrogens with zero attached hydrogens (tertiary/aromatic N) is 1. The van der Waals surface area contributed by atoms with Crippen LogP contribution in [0.4, 0.5) is 5.69 Å². The minimum absolute atomic E-state index is 0.565. The molecule has 1 aromatic heterocycles. The molecule has 3 nitrogen and oxygen atoms in total. The van der Waals surface area contributed by atoms with E-state index >= 15 is 0 Å². The summed E-state index contributed by atoms with van der Waals surface area (Å²) < 4.78 is 0. The summed E-state index contributed by atoms with van der Waals surface area (Å²) in [5, 5.41) is 0. The Morgan fingerprint density at radius 1 is 1.13 bits per heavy atom. The molecule has 0 bridgehead atoms. The van der Waals surface area contributed by atoms with E-state index in [1.54, 1.807) is 12.3 Å². The molecule has 0 fully saturated rings. The Kier molecular flexibility index (Phi) is 2.46. The Morgan fingerprint density at radius 3 is 2.73 bits per heavy atom. The zero-order valence-electron chi connectivity index (χ0n) is 8.05. The molecule has 0 aliphatic heterocycles. The largest absolute Gasteiger partial charge is 0.399 e. The SMILES string of the molecule is Nc1cccc(-c2cncc(C=O)c2)c1. The van der Waals surface area contributed by atoms with E-state index in [2.05, 4.69) is 4.98 Å². The number of hydrogen-bond acceptors (Lipinski definition) is 3. The number of carbonyl (C=O) groups excluding carboxylic acids is 1. The van der Waals surface area contributed by atoms with Crippen LogP contribution in [0.5, 0.6) is 0 Å². The molecule has 0 radical (unpaired) electrons. The van der Waals surface area contributed by atoms with Crippen molar-refractivity contribution in [2.45, 2.75) is 0 Å². The molecule has 15 heavy (non-hydrogen) atoms. The molecule has 0 aliphatic rings. The van der Waals surface area contributed by atoms with Crippen molar-refractivity contribution in [2.75, 3.05) is 5.73 Å². The first-order chi connectivity index (χ1) is 7.29. The highest BCUT2D eigenvalue weighted by Crippen LogP contribution is 2.20. The van der Waals surface area contributed by atoms with Crippen molar-refractivity contribution in [1.29, 1.82) is 0 Å². The molecule has 0 amide bonds. The predicted molar refractivity (Wildman–Crippen MR) is 59.5 cm³/mol. The molecule has 0 spiro atoms. The summed E-state index contributed by atoms with van der Waals surface area (Å²) in [4.78, 5) is 14.6. The monoisotopic (exact) mass is 198 g/mol. The molecule has 0 unspecified atom stereocenters. The molecule has 2 rings (SSSR count). The van der Waals surface area contributed by atoms with Gasteiger partial charge in [-0.15, -0.1) is 0 Å². The van der Waals surface area contributed by atoms with Gasteiger partial charge in [-0.3, -0.25) is 9.78 Å². The molecule has 0 atom stereocenters. The molecule has 2 N–H and O–H groups in total. The van der Waals surface area contributed by atoms with Crippen LogP contribution in [-0.2, 0) is 0 Å². The Hall–Kier alpha value is -2.16. The lowest BCUT2D eigenvalue weighted by molar-refractivity contribution is 0.112. The third-order valence-electron chi connectivity index (χ3n) is 2.12. The lowest BCUT2D eigenvalue weighted by Gasteiger charge is -2.02. The third-order valence-corrected chi connectivity index (χ3v) is 2.12. The number of nitrogen functional groups attached to an aromatic ring is 1. The predicted octanol–water partition coefficient (Wildman–Crippen LogP) is 2.14. The van der Waals surface area contributed by atoms with Crippen LogP contribution in [0.3, 0.4) is 0 Å². The summed E-state index contributed by atoms with van der Waals surface area (Å²) in [5.41, 5.74) is 8.80. The van der Waals surface area contributed by atoms with Crippen LogP contribution >= 0.6 is 0 Å². The molecule has 1 heterocycles. The van der Waals surface area contributed by atoms with Gasteiger partial charge in [-0.25, -0.2) is 0 Å². The Labute approximate surface area is 87.6 Å². The molecular formula is C12H10N2O. The highest BCUT2D eigenvalue weighted by Gasteiger charge is 1.99. The van der Waals surface area contributed by atoms with Crippen LogP contribution in [0.15, 0.2) is 42.7 Å². The molecule has 3 heteroatoms. The second-order valence-corrected chi connectivity index (χ2v) is 3.25. The molecule has 1 aromatic carbocycles. The number of aldehydes is 1. The first kappa shape index (κ1) is 9.40. The Morgan fingerprint density at radius 2 is 2.00 bits per heavy atom. The summed E-state index contributed by atoms with van der Waals surface area (Å²) >= 11 is 0. The first-order valence-electron chi connectivity index (χ1n) is 4.56. The summed E-state index contributed by atoms with van der Waals surface area (Å²) in [6.45, 7) is 0. The Balaban J connectivity index is 2.49. The minimum atomic E-state index is 0.565. The van der Waals surface area contributed by atoms with Crippen LogP contribution in [0.2, 0.25) is 0 Å². The van der Waals surface area contributed by atoms with Crippen molar-refractivity contribution >= 4 is 12.0 Å². The molecule has 0 saturated heterocycles. The van der Waals surface area contributed by atoms with Gasteiger partial charge in [-0.05, 0) is 23.8 Å². The smallest absolute Gasteiger partial charge is 0.151 e. The summed E-state index contributed by atoms with van der Waals surface area (Å²) in [5.74, 6) is 0. The fraction of sp³-hybridized carbons (Fsp3) is 0. The van der Waals surface area contributed by atoms with Crippen molar-refractivity contribution in [3.8, 4) is 11.1 Å². The van der Waals surface area contributed by atoms with Crippen LogP contribution < -0.4 is 5.73 Å². The highest BCUT2D eigenvalue weighted by atomic mass is 16.1. The number of nitrogens with two attached hydrogens (primary N) is 1. The van der Waals surface area contributed by atoms with E-state index in [9.17, 15) is 4.79 Å². The normalized spacial score (nSPS) is 9.87. The number of aromatic nitrogens is 1. The van der Waals surface area contributed by atoms with Crippen LogP contribution in [0.25, 0.3) is 11.1 Å². The van der Waals surface area contributed by atoms with Crippen molar-refractivity contribution < 1.29 is 4.79 Å². The average Bonchev–Trinajstić information content (AvgIpc) is 2.29. The molecular weight excluding hydrogens is 188 g/mol. The molecule has 0 aliphatic carbocycles. The van der Waals surface area contributed by atoms with Gasteiger partial charge < -0.3 is 5.73 Å². The van der Waals surface area contributed by atoms with E-state index in [1.807, 2.05) is 24.3 Å². The number of rotatable bonds is 2. The van der Waals surface area contributed by atoms with Gasteiger partial charge in [-0.1, -0.05) is 12.1 Å².